The van der Waals surface area contributed by atoms with Crippen LogP contribution in [0.4, 0.5) is 8.78 Å². The van der Waals surface area contributed by atoms with Crippen molar-refractivity contribution in [2.75, 3.05) is 27.4 Å². The number of nitrogens with zero attached hydrogens (tertiary/aromatic N) is 1. The third-order valence-corrected chi connectivity index (χ3v) is 7.64. The van der Waals surface area contributed by atoms with E-state index in [-0.39, 0.29) is 46.6 Å². The third kappa shape index (κ3) is 5.64. The van der Waals surface area contributed by atoms with Crippen LogP contribution >= 0.6 is 0 Å². The van der Waals surface area contributed by atoms with Gasteiger partial charge in [-0.1, -0.05) is 19.9 Å². The van der Waals surface area contributed by atoms with Gasteiger partial charge in [0, 0.05) is 24.4 Å². The fourth-order valence-corrected chi connectivity index (χ4v) is 5.34. The standard InChI is InChI=1S/C33H27F2N3O5.C2H6/c1-18-14-25(41-3)23(31(39)38-33(16-42-17-33)26-6-4-5-13-37-26)15-22(18)21-11-12-24-27(29(21)35)28(32(40)36-2)30(43-24)19-7-9-20(34)10-8-19;1-2/h4-15H,16-17H2,1-3H3,(H,36,40)(H,38,39);1-2H3. The Kier molecular flexibility index (Phi) is 8.96. The van der Waals surface area contributed by atoms with Crippen LogP contribution in [-0.4, -0.2) is 44.2 Å². The highest BCUT2D eigenvalue weighted by molar-refractivity contribution is 6.12. The largest absolute Gasteiger partial charge is 0.496 e. The number of benzene rings is 3. The van der Waals surface area contributed by atoms with E-state index in [1.807, 2.05) is 26.0 Å². The number of methoxy groups -OCH3 is 1. The lowest BCUT2D eigenvalue weighted by Crippen LogP contribution is -2.59. The molecule has 0 unspecified atom stereocenters. The molecule has 3 heterocycles. The lowest BCUT2D eigenvalue weighted by atomic mass is 9.90. The summed E-state index contributed by atoms with van der Waals surface area (Å²) in [7, 11) is 2.89. The molecule has 8 nitrogen and oxygen atoms in total. The quantitative estimate of drug-likeness (QED) is 0.209. The number of hydrogen-bond acceptors (Lipinski definition) is 6. The Morgan fingerprint density at radius 1 is 0.956 bits per heavy atom. The van der Waals surface area contributed by atoms with Gasteiger partial charge in [0.25, 0.3) is 11.8 Å². The highest BCUT2D eigenvalue weighted by atomic mass is 19.1. The summed E-state index contributed by atoms with van der Waals surface area (Å²) in [5, 5.41) is 5.55. The zero-order chi connectivity index (χ0) is 32.3. The summed E-state index contributed by atoms with van der Waals surface area (Å²) in [6.07, 6.45) is 1.65. The molecule has 5 aromatic rings. The maximum absolute atomic E-state index is 16.5. The van der Waals surface area contributed by atoms with Crippen molar-refractivity contribution < 1.29 is 32.3 Å². The summed E-state index contributed by atoms with van der Waals surface area (Å²) >= 11 is 0. The average Bonchev–Trinajstić information content (AvgIpc) is 3.45. The van der Waals surface area contributed by atoms with Gasteiger partial charge in [0.15, 0.2) is 0 Å². The molecule has 232 valence electrons. The van der Waals surface area contributed by atoms with Gasteiger partial charge in [-0.05, 0) is 78.7 Å². The first-order valence-corrected chi connectivity index (χ1v) is 14.5. The predicted molar refractivity (Wildman–Crippen MR) is 167 cm³/mol. The van der Waals surface area contributed by atoms with Gasteiger partial charge < -0.3 is 24.5 Å². The number of ether oxygens (including phenoxy) is 2. The van der Waals surface area contributed by atoms with Crippen LogP contribution in [-0.2, 0) is 10.3 Å². The van der Waals surface area contributed by atoms with Crippen LogP contribution in [0.5, 0.6) is 5.75 Å². The molecule has 1 saturated heterocycles. The first kappa shape index (κ1) is 31.3. The number of carbonyl (C=O) groups excluding carboxylic acids is 2. The molecule has 2 N–H and O–H groups in total. The number of pyridine rings is 1. The molecule has 0 spiro atoms. The van der Waals surface area contributed by atoms with Crippen LogP contribution in [0.25, 0.3) is 33.4 Å². The molecule has 1 aliphatic heterocycles. The molecule has 45 heavy (non-hydrogen) atoms. The number of aryl methyl sites for hydroxylation is 1. The number of amides is 2. The van der Waals surface area contributed by atoms with Gasteiger partial charge in [0.2, 0.25) is 0 Å². The molecule has 2 aromatic heterocycles. The molecular formula is C35H33F2N3O5. The Morgan fingerprint density at radius 2 is 1.69 bits per heavy atom. The molecule has 0 aliphatic carbocycles. The molecular weight excluding hydrogens is 580 g/mol. The molecule has 1 aliphatic rings. The Morgan fingerprint density at radius 3 is 2.29 bits per heavy atom. The number of nitrogens with one attached hydrogen (secondary N) is 2. The number of halogens is 2. The minimum atomic E-state index is -0.811. The number of carbonyl (C=O) groups is 2. The molecule has 0 bridgehead atoms. The van der Waals surface area contributed by atoms with Crippen molar-refractivity contribution in [2.45, 2.75) is 26.3 Å². The summed E-state index contributed by atoms with van der Waals surface area (Å²) < 4.78 is 47.0. The molecule has 6 rings (SSSR count). The maximum atomic E-state index is 16.5. The molecule has 10 heteroatoms. The van der Waals surface area contributed by atoms with Crippen LogP contribution in [0.1, 0.15) is 45.8 Å². The van der Waals surface area contributed by atoms with E-state index in [9.17, 15) is 14.0 Å². The second-order valence-electron chi connectivity index (χ2n) is 10.3. The molecule has 0 saturated carbocycles. The fourth-order valence-electron chi connectivity index (χ4n) is 5.34. The van der Waals surface area contributed by atoms with Crippen molar-refractivity contribution in [1.82, 2.24) is 15.6 Å². The van der Waals surface area contributed by atoms with Crippen LogP contribution in [0.15, 0.2) is 77.3 Å². The zero-order valence-corrected chi connectivity index (χ0v) is 25.6. The van der Waals surface area contributed by atoms with Crippen molar-refractivity contribution in [3.05, 3.63) is 107 Å². The smallest absolute Gasteiger partial charge is 0.255 e. The van der Waals surface area contributed by atoms with Crippen molar-refractivity contribution >= 4 is 22.8 Å². The van der Waals surface area contributed by atoms with Gasteiger partial charge in [0.1, 0.15) is 34.3 Å². The van der Waals surface area contributed by atoms with Crippen LogP contribution in [0, 0.1) is 18.6 Å². The molecule has 0 atom stereocenters. The van der Waals surface area contributed by atoms with E-state index in [2.05, 4.69) is 15.6 Å². The Hall–Kier alpha value is -5.09. The van der Waals surface area contributed by atoms with Crippen LogP contribution < -0.4 is 15.4 Å². The Bertz CT molecular complexity index is 1870. The Labute approximate surface area is 259 Å². The van der Waals surface area contributed by atoms with E-state index in [1.54, 1.807) is 37.4 Å². The number of hydrogen-bond donors (Lipinski definition) is 2. The predicted octanol–water partition coefficient (Wildman–Crippen LogP) is 6.80. The lowest BCUT2D eigenvalue weighted by molar-refractivity contribution is -0.0755. The molecule has 1 fully saturated rings. The second-order valence-corrected chi connectivity index (χ2v) is 10.3. The van der Waals surface area contributed by atoms with E-state index >= 15 is 4.39 Å². The molecule has 3 aromatic carbocycles. The fraction of sp³-hybridized carbons (Fsp3) is 0.229. The van der Waals surface area contributed by atoms with Crippen molar-refractivity contribution in [3.63, 3.8) is 0 Å². The first-order valence-electron chi connectivity index (χ1n) is 14.5. The number of furan rings is 1. The van der Waals surface area contributed by atoms with Crippen LogP contribution in [0.2, 0.25) is 0 Å². The Balaban J connectivity index is 0.00000196. The summed E-state index contributed by atoms with van der Waals surface area (Å²) in [4.78, 5) is 31.1. The van der Waals surface area contributed by atoms with Gasteiger partial charge in [-0.2, -0.15) is 0 Å². The van der Waals surface area contributed by atoms with E-state index < -0.39 is 29.0 Å². The minimum Gasteiger partial charge on any atom is -0.496 e. The second kappa shape index (κ2) is 12.9. The van der Waals surface area contributed by atoms with Crippen molar-refractivity contribution in [2.24, 2.45) is 0 Å². The highest BCUT2D eigenvalue weighted by Gasteiger charge is 2.43. The van der Waals surface area contributed by atoms with Crippen LogP contribution in [0.3, 0.4) is 0 Å². The SMILES string of the molecule is CC.CNC(=O)c1c(-c2ccc(F)cc2)oc2ccc(-c3cc(C(=O)NC4(c5ccccn5)COC4)c(OC)cc3C)c(F)c12. The van der Waals surface area contributed by atoms with Crippen molar-refractivity contribution in [1.29, 1.82) is 0 Å². The summed E-state index contributed by atoms with van der Waals surface area (Å²) in [6, 6.07) is 17.2. The van der Waals surface area contributed by atoms with E-state index in [1.165, 1.54) is 44.5 Å². The summed E-state index contributed by atoms with van der Waals surface area (Å²) in [5.41, 5.74) is 1.81. The van der Waals surface area contributed by atoms with E-state index in [0.717, 1.165) is 0 Å². The topological polar surface area (TPSA) is 103 Å². The zero-order valence-electron chi connectivity index (χ0n) is 25.6. The average molecular weight is 614 g/mol. The van der Waals surface area contributed by atoms with Gasteiger partial charge in [0.05, 0.1) is 42.5 Å². The number of aromatic nitrogens is 1. The summed E-state index contributed by atoms with van der Waals surface area (Å²) in [6.45, 7) is 6.28. The number of fused-ring (bicyclic) bond motifs is 1. The first-order chi connectivity index (χ1) is 21.8. The molecule has 2 amide bonds. The monoisotopic (exact) mass is 613 g/mol. The normalized spacial score (nSPS) is 13.3. The lowest BCUT2D eigenvalue weighted by Gasteiger charge is -2.41. The number of rotatable bonds is 7. The third-order valence-electron chi connectivity index (χ3n) is 7.64. The molecule has 0 radical (unpaired) electrons. The van der Waals surface area contributed by atoms with Gasteiger partial charge in [-0.15, -0.1) is 0 Å². The van der Waals surface area contributed by atoms with E-state index in [0.29, 0.717) is 28.1 Å². The van der Waals surface area contributed by atoms with E-state index in [4.69, 9.17) is 13.9 Å². The van der Waals surface area contributed by atoms with Gasteiger partial charge >= 0.3 is 0 Å². The van der Waals surface area contributed by atoms with Gasteiger partial charge in [-0.25, -0.2) is 8.78 Å². The summed E-state index contributed by atoms with van der Waals surface area (Å²) in [5.74, 6) is -1.75. The maximum Gasteiger partial charge on any atom is 0.255 e. The minimum absolute atomic E-state index is 0.0186. The highest BCUT2D eigenvalue weighted by Crippen LogP contribution is 2.40. The van der Waals surface area contributed by atoms with Gasteiger partial charge in [-0.3, -0.25) is 14.6 Å². The van der Waals surface area contributed by atoms with Crippen molar-refractivity contribution in [3.8, 4) is 28.2 Å².